The molecule has 0 aliphatic heterocycles. The lowest BCUT2D eigenvalue weighted by Crippen LogP contribution is -2.24. The standard InChI is InChI=1S/C16H14ClN5O3/c1-24-15-8-14(22-10-18-20-21-22)13(17)7-12(15)16(23)19-25-9-11-5-3-2-4-6-11/h2-8,10H,9H2,1H3,(H,19,23). The van der Waals surface area contributed by atoms with Gasteiger partial charge in [0.1, 0.15) is 12.1 Å². The van der Waals surface area contributed by atoms with Crippen molar-refractivity contribution in [3.63, 3.8) is 0 Å². The number of nitrogens with zero attached hydrogens (tertiary/aromatic N) is 4. The minimum Gasteiger partial charge on any atom is -0.496 e. The Morgan fingerprint density at radius 1 is 1.28 bits per heavy atom. The average molecular weight is 360 g/mol. The Kier molecular flexibility index (Phi) is 5.22. The van der Waals surface area contributed by atoms with Crippen LogP contribution in [0.2, 0.25) is 5.02 Å². The first kappa shape index (κ1) is 16.9. The molecule has 25 heavy (non-hydrogen) atoms. The van der Waals surface area contributed by atoms with E-state index in [1.807, 2.05) is 30.3 Å². The number of carbonyl (C=O) groups is 1. The molecule has 8 nitrogen and oxygen atoms in total. The van der Waals surface area contributed by atoms with Crippen molar-refractivity contribution in [3.05, 3.63) is 64.9 Å². The number of halogens is 1. The summed E-state index contributed by atoms with van der Waals surface area (Å²) < 4.78 is 6.64. The Hall–Kier alpha value is -2.97. The zero-order valence-electron chi connectivity index (χ0n) is 13.2. The van der Waals surface area contributed by atoms with Gasteiger partial charge in [0, 0.05) is 6.07 Å². The van der Waals surface area contributed by atoms with Crippen molar-refractivity contribution < 1.29 is 14.4 Å². The Balaban J connectivity index is 1.74. The molecule has 3 aromatic rings. The lowest BCUT2D eigenvalue weighted by molar-refractivity contribution is 0.0231. The second-order valence-corrected chi connectivity index (χ2v) is 5.37. The topological polar surface area (TPSA) is 91.2 Å². The lowest BCUT2D eigenvalue weighted by atomic mass is 10.1. The van der Waals surface area contributed by atoms with Gasteiger partial charge in [0.05, 0.1) is 30.0 Å². The Bertz CT molecular complexity index is 856. The summed E-state index contributed by atoms with van der Waals surface area (Å²) in [5, 5.41) is 11.2. The van der Waals surface area contributed by atoms with E-state index in [4.69, 9.17) is 21.2 Å². The summed E-state index contributed by atoms with van der Waals surface area (Å²) in [7, 11) is 1.45. The molecule has 0 saturated heterocycles. The van der Waals surface area contributed by atoms with Crippen LogP contribution in [0, 0.1) is 0 Å². The van der Waals surface area contributed by atoms with Crippen molar-refractivity contribution in [2.45, 2.75) is 6.61 Å². The molecule has 1 N–H and O–H groups in total. The maximum Gasteiger partial charge on any atom is 0.278 e. The van der Waals surface area contributed by atoms with E-state index >= 15 is 0 Å². The van der Waals surface area contributed by atoms with Gasteiger partial charge >= 0.3 is 0 Å². The molecule has 128 valence electrons. The van der Waals surface area contributed by atoms with Gasteiger partial charge in [0.15, 0.2) is 0 Å². The van der Waals surface area contributed by atoms with Crippen LogP contribution in [0.4, 0.5) is 0 Å². The SMILES string of the molecule is COc1cc(-n2cnnn2)c(Cl)cc1C(=O)NOCc1ccccc1. The highest BCUT2D eigenvalue weighted by Crippen LogP contribution is 2.29. The number of rotatable bonds is 6. The predicted molar refractivity (Wildman–Crippen MR) is 89.4 cm³/mol. The second kappa shape index (κ2) is 7.73. The van der Waals surface area contributed by atoms with Gasteiger partial charge in [-0.1, -0.05) is 41.9 Å². The number of tetrazole rings is 1. The number of hydrogen-bond acceptors (Lipinski definition) is 6. The van der Waals surface area contributed by atoms with E-state index in [9.17, 15) is 4.79 Å². The number of carbonyl (C=O) groups excluding carboxylic acids is 1. The highest BCUT2D eigenvalue weighted by Gasteiger charge is 2.17. The van der Waals surface area contributed by atoms with Crippen LogP contribution in [0.15, 0.2) is 48.8 Å². The first-order valence-electron chi connectivity index (χ1n) is 7.26. The van der Waals surface area contributed by atoms with Crippen LogP contribution in [-0.4, -0.2) is 33.2 Å². The van der Waals surface area contributed by atoms with E-state index in [-0.39, 0.29) is 12.2 Å². The minimum absolute atomic E-state index is 0.234. The highest BCUT2D eigenvalue weighted by molar-refractivity contribution is 6.32. The smallest absolute Gasteiger partial charge is 0.278 e. The van der Waals surface area contributed by atoms with Gasteiger partial charge in [-0.05, 0) is 22.1 Å². The minimum atomic E-state index is -0.474. The van der Waals surface area contributed by atoms with E-state index in [1.165, 1.54) is 24.2 Å². The van der Waals surface area contributed by atoms with Gasteiger partial charge in [-0.2, -0.15) is 4.68 Å². The van der Waals surface area contributed by atoms with E-state index < -0.39 is 5.91 Å². The number of amides is 1. The van der Waals surface area contributed by atoms with Gasteiger partial charge in [-0.25, -0.2) is 5.48 Å². The third-order valence-corrected chi connectivity index (χ3v) is 3.66. The quantitative estimate of drug-likeness (QED) is 0.678. The fourth-order valence-corrected chi connectivity index (χ4v) is 2.40. The molecule has 1 heterocycles. The number of ether oxygens (including phenoxy) is 1. The molecule has 0 spiro atoms. The van der Waals surface area contributed by atoms with Crippen molar-refractivity contribution in [1.82, 2.24) is 25.7 Å². The molecule has 9 heteroatoms. The molecule has 2 aromatic carbocycles. The summed E-state index contributed by atoms with van der Waals surface area (Å²) in [6, 6.07) is 12.5. The van der Waals surface area contributed by atoms with Gasteiger partial charge in [-0.3, -0.25) is 9.63 Å². The largest absolute Gasteiger partial charge is 0.496 e. The third-order valence-electron chi connectivity index (χ3n) is 3.36. The Labute approximate surface area is 148 Å². The maximum absolute atomic E-state index is 12.3. The molecular formula is C16H14ClN5O3. The first-order chi connectivity index (χ1) is 12.2. The monoisotopic (exact) mass is 359 g/mol. The van der Waals surface area contributed by atoms with Crippen molar-refractivity contribution in [2.24, 2.45) is 0 Å². The summed E-state index contributed by atoms with van der Waals surface area (Å²) >= 11 is 6.23. The third kappa shape index (κ3) is 3.93. The molecule has 0 atom stereocenters. The van der Waals surface area contributed by atoms with Crippen molar-refractivity contribution >= 4 is 17.5 Å². The predicted octanol–water partition coefficient (Wildman–Crippen LogP) is 2.19. The summed E-state index contributed by atoms with van der Waals surface area (Å²) in [6.45, 7) is 0.241. The van der Waals surface area contributed by atoms with Crippen molar-refractivity contribution in [3.8, 4) is 11.4 Å². The van der Waals surface area contributed by atoms with Crippen LogP contribution >= 0.6 is 11.6 Å². The number of hydrogen-bond donors (Lipinski definition) is 1. The van der Waals surface area contributed by atoms with Crippen LogP contribution in [0.25, 0.3) is 5.69 Å². The molecule has 0 saturated carbocycles. The second-order valence-electron chi connectivity index (χ2n) is 4.96. The van der Waals surface area contributed by atoms with Crippen LogP contribution in [0.5, 0.6) is 5.75 Å². The first-order valence-corrected chi connectivity index (χ1v) is 7.64. The van der Waals surface area contributed by atoms with Gasteiger partial charge in [-0.15, -0.1) is 5.10 Å². The maximum atomic E-state index is 12.3. The Morgan fingerprint density at radius 3 is 2.76 bits per heavy atom. The fourth-order valence-electron chi connectivity index (χ4n) is 2.15. The van der Waals surface area contributed by atoms with Gasteiger partial charge < -0.3 is 4.74 Å². The fraction of sp³-hybridized carbons (Fsp3) is 0.125. The zero-order chi connectivity index (χ0) is 17.6. The summed E-state index contributed by atoms with van der Waals surface area (Å²) in [6.07, 6.45) is 1.39. The number of hydroxylamine groups is 1. The molecule has 1 aromatic heterocycles. The number of aromatic nitrogens is 4. The van der Waals surface area contributed by atoms with Crippen LogP contribution in [-0.2, 0) is 11.4 Å². The molecule has 0 radical (unpaired) electrons. The molecule has 3 rings (SSSR count). The summed E-state index contributed by atoms with van der Waals surface area (Å²) in [5.74, 6) is -0.159. The van der Waals surface area contributed by atoms with E-state index in [2.05, 4.69) is 21.0 Å². The molecule has 1 amide bonds. The Morgan fingerprint density at radius 2 is 2.08 bits per heavy atom. The lowest BCUT2D eigenvalue weighted by Gasteiger charge is -2.12. The van der Waals surface area contributed by atoms with E-state index in [0.29, 0.717) is 16.5 Å². The van der Waals surface area contributed by atoms with Crippen LogP contribution in [0.3, 0.4) is 0 Å². The van der Waals surface area contributed by atoms with E-state index in [0.717, 1.165) is 5.56 Å². The molecule has 0 unspecified atom stereocenters. The molecule has 0 aliphatic carbocycles. The average Bonchev–Trinajstić information content (AvgIpc) is 3.16. The normalized spacial score (nSPS) is 10.5. The molecule has 0 bridgehead atoms. The van der Waals surface area contributed by atoms with Crippen molar-refractivity contribution in [1.29, 1.82) is 0 Å². The summed E-state index contributed by atoms with van der Waals surface area (Å²) in [4.78, 5) is 17.6. The molecular weight excluding hydrogens is 346 g/mol. The van der Waals surface area contributed by atoms with Gasteiger partial charge in [0.25, 0.3) is 5.91 Å². The zero-order valence-corrected chi connectivity index (χ0v) is 14.0. The van der Waals surface area contributed by atoms with Crippen molar-refractivity contribution in [2.75, 3.05) is 7.11 Å². The number of benzene rings is 2. The molecule has 0 aliphatic rings. The molecule has 0 fully saturated rings. The highest BCUT2D eigenvalue weighted by atomic mass is 35.5. The van der Waals surface area contributed by atoms with E-state index in [1.54, 1.807) is 6.07 Å². The van der Waals surface area contributed by atoms with Crippen LogP contribution < -0.4 is 10.2 Å². The number of methoxy groups -OCH3 is 1. The summed E-state index contributed by atoms with van der Waals surface area (Å²) in [5.41, 5.74) is 4.04. The number of nitrogens with one attached hydrogen (secondary N) is 1. The van der Waals surface area contributed by atoms with Crippen LogP contribution in [0.1, 0.15) is 15.9 Å². The van der Waals surface area contributed by atoms with Gasteiger partial charge in [0.2, 0.25) is 0 Å².